The minimum Gasteiger partial charge on any atom is -0.587 e. The minimum absolute atomic E-state index is 0.0987. The van der Waals surface area contributed by atoms with Crippen LogP contribution in [0.25, 0.3) is 44.4 Å². The maximum absolute atomic E-state index is 15.0. The largest absolute Gasteiger partial charge is 0.587 e. The highest BCUT2D eigenvalue weighted by atomic mass is 35.5. The van der Waals surface area contributed by atoms with E-state index < -0.39 is 42.0 Å². The molecule has 5 aromatic carbocycles. The third-order valence-corrected chi connectivity index (χ3v) is 9.72. The molecule has 0 spiro atoms. The number of hydrogen-bond acceptors (Lipinski definition) is 5. The van der Waals surface area contributed by atoms with Gasteiger partial charge < -0.3 is 15.0 Å². The Morgan fingerprint density at radius 2 is 1.55 bits per heavy atom. The number of hydrogen-bond donors (Lipinski definition) is 2. The van der Waals surface area contributed by atoms with E-state index in [1.165, 1.54) is 64.6 Å². The molecule has 252 valence electrons. The molecule has 6 rings (SSSR count). The van der Waals surface area contributed by atoms with Gasteiger partial charge in [0.2, 0.25) is 0 Å². The molecule has 2 N–H and O–H groups in total. The van der Waals surface area contributed by atoms with Crippen molar-refractivity contribution in [3.63, 3.8) is 0 Å². The third kappa shape index (κ3) is 6.76. The number of nitriles is 2. The fourth-order valence-electron chi connectivity index (χ4n) is 5.75. The van der Waals surface area contributed by atoms with Gasteiger partial charge in [-0.15, -0.1) is 0 Å². The van der Waals surface area contributed by atoms with Crippen LogP contribution in [0.5, 0.6) is 0 Å². The smallest absolute Gasteiger partial charge is 0.322 e. The first kappa shape index (κ1) is 34.8. The number of fused-ring (bicyclic) bond motifs is 1. The van der Waals surface area contributed by atoms with Crippen molar-refractivity contribution in [3.05, 3.63) is 136 Å². The highest BCUT2D eigenvalue weighted by Crippen LogP contribution is 2.46. The van der Waals surface area contributed by atoms with Crippen LogP contribution in [0.15, 0.2) is 108 Å². The van der Waals surface area contributed by atoms with Crippen LogP contribution in [0.2, 0.25) is 5.02 Å². The van der Waals surface area contributed by atoms with Crippen molar-refractivity contribution < 1.29 is 32.4 Å². The second kappa shape index (κ2) is 14.4. The molecule has 51 heavy (non-hydrogen) atoms. The number of rotatable bonds is 9. The van der Waals surface area contributed by atoms with E-state index in [1.807, 2.05) is 0 Å². The molecular weight excluding hydrogens is 701 g/mol. The second-order valence-corrected chi connectivity index (χ2v) is 12.8. The van der Waals surface area contributed by atoms with Gasteiger partial charge in [-0.25, -0.2) is 13.2 Å². The summed E-state index contributed by atoms with van der Waals surface area (Å²) < 4.78 is 57.8. The lowest BCUT2D eigenvalue weighted by Crippen LogP contribution is -2.29. The van der Waals surface area contributed by atoms with Crippen molar-refractivity contribution in [2.24, 2.45) is 0 Å². The number of amides is 1. The van der Waals surface area contributed by atoms with Crippen LogP contribution in [0.1, 0.15) is 33.5 Å². The van der Waals surface area contributed by atoms with E-state index in [4.69, 9.17) is 16.7 Å². The van der Waals surface area contributed by atoms with Crippen molar-refractivity contribution in [1.29, 1.82) is 10.5 Å². The average molecular weight is 723 g/mol. The van der Waals surface area contributed by atoms with Gasteiger partial charge in [0.05, 0.1) is 28.8 Å². The Kier molecular flexibility index (Phi) is 9.85. The van der Waals surface area contributed by atoms with Gasteiger partial charge in [0.15, 0.2) is 4.90 Å². The number of carbonyl (C=O) groups excluding carboxylic acids is 1. The maximum Gasteiger partial charge on any atom is 0.322 e. The summed E-state index contributed by atoms with van der Waals surface area (Å²) >= 11 is 4.51. The Hall–Kier alpha value is -6.05. The molecule has 13 heteroatoms. The van der Waals surface area contributed by atoms with Crippen LogP contribution in [0, 0.1) is 28.5 Å². The zero-order valence-corrected chi connectivity index (χ0v) is 27.6. The van der Waals surface area contributed by atoms with E-state index >= 15 is 4.39 Å². The van der Waals surface area contributed by atoms with Gasteiger partial charge in [0.1, 0.15) is 29.4 Å². The van der Waals surface area contributed by atoms with Gasteiger partial charge in [-0.1, -0.05) is 41.9 Å². The summed E-state index contributed by atoms with van der Waals surface area (Å²) in [6.45, 7) is -0.583. The summed E-state index contributed by atoms with van der Waals surface area (Å²) in [5.74, 6) is -2.50. The van der Waals surface area contributed by atoms with Gasteiger partial charge in [0, 0.05) is 43.8 Å². The molecule has 1 amide bonds. The molecular formula is C38H22ClF3N4O4S. The molecule has 0 aliphatic rings. The zero-order chi connectivity index (χ0) is 36.4. The van der Waals surface area contributed by atoms with Crippen LogP contribution in [0.4, 0.5) is 13.2 Å². The standard InChI is InChI=1S/C38H22ClF3N4O4S/c39-31-16-24(38(49)45-20-33(47)48)9-13-29(31)22-3-1-4-23(15-22)36-35(34-25(18-43)5-2-6-26(34)19-44)30-17-27(40)10-14-32(30)46(36)51(50)28-11-7-21(8-12-28)37(41)42/h1-17,37H,20H2,(H,45,49)(H,47,48). The van der Waals surface area contributed by atoms with Gasteiger partial charge in [0.25, 0.3) is 12.3 Å². The van der Waals surface area contributed by atoms with Crippen LogP contribution in [0.3, 0.4) is 0 Å². The lowest BCUT2D eigenvalue weighted by Gasteiger charge is -2.17. The molecule has 1 atom stereocenters. The van der Waals surface area contributed by atoms with Crippen molar-refractivity contribution in [2.45, 2.75) is 11.3 Å². The Balaban J connectivity index is 1.63. The molecule has 1 heterocycles. The van der Waals surface area contributed by atoms with Crippen LogP contribution >= 0.6 is 11.6 Å². The number of aliphatic carboxylic acids is 1. The summed E-state index contributed by atoms with van der Waals surface area (Å²) in [7, 11) is 0. The topological polar surface area (TPSA) is 142 Å². The number of nitrogens with one attached hydrogen (secondary N) is 1. The fraction of sp³-hybridized carbons (Fsp3) is 0.0526. The molecule has 1 unspecified atom stereocenters. The quantitative estimate of drug-likeness (QED) is 0.143. The second-order valence-electron chi connectivity index (χ2n) is 11.1. The third-order valence-electron chi connectivity index (χ3n) is 8.02. The monoisotopic (exact) mass is 722 g/mol. The summed E-state index contributed by atoms with van der Waals surface area (Å²) in [4.78, 5) is 23.5. The SMILES string of the molecule is N#Cc1cccc(C#N)c1-c1c(-c2cccc(-c3ccc(C(=O)NCC(=O)O)cc3Cl)c2)n([S+]([O-])c2ccc(C(F)F)cc2)c2ccc(F)cc12. The minimum atomic E-state index is -2.75. The molecule has 0 saturated carbocycles. The molecule has 6 aromatic rings. The van der Waals surface area contributed by atoms with Crippen molar-refractivity contribution in [3.8, 4) is 45.6 Å². The molecule has 1 aromatic heterocycles. The highest BCUT2D eigenvalue weighted by molar-refractivity contribution is 7.90. The Bertz CT molecular complexity index is 2410. The summed E-state index contributed by atoms with van der Waals surface area (Å²) in [6.07, 6.45) is -2.75. The number of alkyl halides is 2. The fourth-order valence-corrected chi connectivity index (χ4v) is 7.32. The first-order valence-electron chi connectivity index (χ1n) is 15.0. The number of aromatic nitrogens is 1. The molecule has 0 fully saturated rings. The van der Waals surface area contributed by atoms with Crippen LogP contribution < -0.4 is 5.32 Å². The van der Waals surface area contributed by atoms with Crippen molar-refractivity contribution in [2.75, 3.05) is 6.54 Å². The summed E-state index contributed by atoms with van der Waals surface area (Å²) in [6, 6.07) is 28.7. The Morgan fingerprint density at radius 3 is 2.18 bits per heavy atom. The Morgan fingerprint density at radius 1 is 0.882 bits per heavy atom. The number of carbonyl (C=O) groups is 2. The summed E-state index contributed by atoms with van der Waals surface area (Å²) in [5.41, 5.74) is 2.39. The van der Waals surface area contributed by atoms with Gasteiger partial charge in [-0.3, -0.25) is 9.59 Å². The first-order chi connectivity index (χ1) is 24.5. The van der Waals surface area contributed by atoms with Gasteiger partial charge in [-0.05, 0) is 78.4 Å². The lowest BCUT2D eigenvalue weighted by atomic mass is 9.90. The van der Waals surface area contributed by atoms with Gasteiger partial charge in [-0.2, -0.15) is 14.5 Å². The number of nitrogens with zero attached hydrogens (tertiary/aromatic N) is 3. The van der Waals surface area contributed by atoms with E-state index in [0.29, 0.717) is 16.7 Å². The van der Waals surface area contributed by atoms with Gasteiger partial charge >= 0.3 is 5.97 Å². The maximum atomic E-state index is 15.0. The van der Waals surface area contributed by atoms with Crippen LogP contribution in [-0.2, 0) is 16.2 Å². The number of carboxylic acids is 1. The van der Waals surface area contributed by atoms with Crippen molar-refractivity contribution >= 4 is 45.7 Å². The average Bonchev–Trinajstić information content (AvgIpc) is 3.46. The van der Waals surface area contributed by atoms with E-state index in [0.717, 1.165) is 12.1 Å². The first-order valence-corrected chi connectivity index (χ1v) is 16.5. The molecule has 0 radical (unpaired) electrons. The van der Waals surface area contributed by atoms with E-state index in [1.54, 1.807) is 30.3 Å². The molecule has 0 aliphatic carbocycles. The number of benzene rings is 5. The Labute approximate surface area is 296 Å². The van der Waals surface area contributed by atoms with E-state index in [-0.39, 0.29) is 59.9 Å². The number of halogens is 4. The predicted octanol–water partition coefficient (Wildman–Crippen LogP) is 8.50. The normalized spacial score (nSPS) is 11.6. The summed E-state index contributed by atoms with van der Waals surface area (Å²) in [5, 5.41) is 31.9. The molecule has 8 nitrogen and oxygen atoms in total. The number of carboxylic acid groups (broad SMARTS) is 1. The molecule has 0 aliphatic heterocycles. The lowest BCUT2D eigenvalue weighted by molar-refractivity contribution is -0.135. The highest BCUT2D eigenvalue weighted by Gasteiger charge is 2.31. The predicted molar refractivity (Wildman–Crippen MR) is 186 cm³/mol. The molecule has 0 bridgehead atoms. The molecule has 0 saturated heterocycles. The van der Waals surface area contributed by atoms with E-state index in [9.17, 15) is 33.4 Å². The van der Waals surface area contributed by atoms with E-state index in [2.05, 4.69) is 17.5 Å². The van der Waals surface area contributed by atoms with Crippen molar-refractivity contribution in [1.82, 2.24) is 9.29 Å². The van der Waals surface area contributed by atoms with Crippen LogP contribution in [-0.4, -0.2) is 32.1 Å². The zero-order valence-electron chi connectivity index (χ0n) is 26.0.